The highest BCUT2D eigenvalue weighted by Gasteiger charge is 2.21. The van der Waals surface area contributed by atoms with Crippen LogP contribution in [0.1, 0.15) is 27.8 Å². The van der Waals surface area contributed by atoms with Crippen molar-refractivity contribution in [3.05, 3.63) is 147 Å². The second kappa shape index (κ2) is 14.5. The lowest BCUT2D eigenvalue weighted by Gasteiger charge is -2.24. The van der Waals surface area contributed by atoms with Crippen molar-refractivity contribution in [1.82, 2.24) is 9.99 Å². The molecule has 0 saturated heterocycles. The number of nitrogens with two attached hydrogens (primary N) is 1. The first-order valence-electron chi connectivity index (χ1n) is 14.2. The summed E-state index contributed by atoms with van der Waals surface area (Å²) in [5.41, 5.74) is 8.58. The van der Waals surface area contributed by atoms with Gasteiger partial charge in [0.1, 0.15) is 12.4 Å². The third kappa shape index (κ3) is 7.54. The highest BCUT2D eigenvalue weighted by molar-refractivity contribution is 7.80. The Morgan fingerprint density at radius 1 is 0.935 bits per heavy atom. The van der Waals surface area contributed by atoms with E-state index >= 15 is 0 Å². The zero-order chi connectivity index (χ0) is 32.6. The number of aryl methyl sites for hydroxylation is 1. The maximum absolute atomic E-state index is 13.6. The number of benzene rings is 4. The van der Waals surface area contributed by atoms with E-state index in [1.807, 2.05) is 48.5 Å². The molecule has 0 saturated carbocycles. The molecule has 1 heterocycles. The summed E-state index contributed by atoms with van der Waals surface area (Å²) in [6.07, 6.45) is 0.364. The molecule has 12 heteroatoms. The molecule has 1 aromatic heterocycles. The van der Waals surface area contributed by atoms with Gasteiger partial charge in [-0.05, 0) is 41.1 Å². The summed E-state index contributed by atoms with van der Waals surface area (Å²) in [6.45, 7) is 1.95. The fourth-order valence-electron chi connectivity index (χ4n) is 4.80. The Labute approximate surface area is 267 Å². The van der Waals surface area contributed by atoms with E-state index in [9.17, 15) is 23.1 Å². The highest BCUT2D eigenvalue weighted by atomic mass is 32.2. The largest absolute Gasteiger partial charge is 0.443 e. The number of ether oxygens (including phenoxy) is 1. The number of pyridine rings is 1. The third-order valence-electron chi connectivity index (χ3n) is 7.22. The van der Waals surface area contributed by atoms with Gasteiger partial charge in [-0.15, -0.1) is 0 Å². The quantitative estimate of drug-likeness (QED) is 0.115. The number of hydrogen-bond donors (Lipinski definition) is 3. The zero-order valence-corrected chi connectivity index (χ0v) is 25.6. The standard InChI is InChI=1S/C34H31N5O6S/c1-23-18-19-38(39(46(43)44)30-13-7-11-26-10-5-6-12-28(26)30)33(41)29(23)20-31(40)36-21-24-14-16-27(17-15-24)32(35)37-34(42)45-22-25-8-3-2-4-9-25/h2-19H,20-22H2,1H3,(H,36,40)(H,43,44)(H2,35,37,42). The van der Waals surface area contributed by atoms with E-state index in [1.165, 1.54) is 6.20 Å². The van der Waals surface area contributed by atoms with Crippen molar-refractivity contribution in [2.75, 3.05) is 4.41 Å². The normalized spacial score (nSPS) is 12.0. The number of aliphatic imine (C=N–C) groups is 1. The smallest absolute Gasteiger partial charge is 0.435 e. The van der Waals surface area contributed by atoms with Crippen LogP contribution in [0, 0.1) is 6.92 Å². The molecule has 2 amide bonds. The molecule has 5 rings (SSSR count). The van der Waals surface area contributed by atoms with Crippen LogP contribution in [-0.2, 0) is 40.4 Å². The predicted octanol–water partition coefficient (Wildman–Crippen LogP) is 4.62. The van der Waals surface area contributed by atoms with Crippen molar-refractivity contribution in [3.63, 3.8) is 0 Å². The fraction of sp³-hybridized carbons (Fsp3) is 0.118. The Kier molecular flexibility index (Phi) is 10.0. The number of nitrogens with one attached hydrogen (secondary N) is 1. The Bertz CT molecular complexity index is 1990. The van der Waals surface area contributed by atoms with Gasteiger partial charge in [0.05, 0.1) is 12.1 Å². The van der Waals surface area contributed by atoms with Crippen LogP contribution in [-0.4, -0.2) is 31.3 Å². The molecule has 11 nitrogen and oxygen atoms in total. The number of amides is 2. The summed E-state index contributed by atoms with van der Waals surface area (Å²) >= 11 is -2.59. The van der Waals surface area contributed by atoms with Crippen LogP contribution in [0.2, 0.25) is 0 Å². The molecule has 234 valence electrons. The lowest BCUT2D eigenvalue weighted by molar-refractivity contribution is -0.120. The van der Waals surface area contributed by atoms with Crippen molar-refractivity contribution in [3.8, 4) is 0 Å². The Hall–Kier alpha value is -5.59. The van der Waals surface area contributed by atoms with E-state index in [-0.39, 0.29) is 31.0 Å². The first-order valence-corrected chi connectivity index (χ1v) is 15.3. The molecule has 0 aliphatic heterocycles. The average molecular weight is 638 g/mol. The summed E-state index contributed by atoms with van der Waals surface area (Å²) in [6, 6.07) is 30.2. The number of aromatic nitrogens is 1. The zero-order valence-electron chi connectivity index (χ0n) is 24.8. The predicted molar refractivity (Wildman–Crippen MR) is 177 cm³/mol. The van der Waals surface area contributed by atoms with Crippen LogP contribution in [0.3, 0.4) is 0 Å². The van der Waals surface area contributed by atoms with Gasteiger partial charge in [0.2, 0.25) is 5.91 Å². The molecule has 0 aliphatic carbocycles. The number of fused-ring (bicyclic) bond motifs is 1. The maximum atomic E-state index is 13.6. The van der Waals surface area contributed by atoms with Gasteiger partial charge in [0.15, 0.2) is 0 Å². The van der Waals surface area contributed by atoms with Crippen LogP contribution in [0.25, 0.3) is 10.8 Å². The van der Waals surface area contributed by atoms with Crippen molar-refractivity contribution >= 4 is 45.6 Å². The van der Waals surface area contributed by atoms with Gasteiger partial charge in [0.25, 0.3) is 16.8 Å². The Morgan fingerprint density at radius 2 is 1.63 bits per heavy atom. The molecule has 0 bridgehead atoms. The van der Waals surface area contributed by atoms with Gasteiger partial charge in [-0.2, -0.15) is 9.41 Å². The van der Waals surface area contributed by atoms with Crippen LogP contribution >= 0.6 is 0 Å². The maximum Gasteiger partial charge on any atom is 0.435 e. The summed E-state index contributed by atoms with van der Waals surface area (Å²) < 4.78 is 30.0. The summed E-state index contributed by atoms with van der Waals surface area (Å²) in [5.74, 6) is -0.420. The lowest BCUT2D eigenvalue weighted by atomic mass is 10.1. The molecule has 0 aliphatic rings. The number of rotatable bonds is 10. The van der Waals surface area contributed by atoms with Crippen molar-refractivity contribution < 1.29 is 23.1 Å². The van der Waals surface area contributed by atoms with Crippen molar-refractivity contribution in [2.45, 2.75) is 26.5 Å². The van der Waals surface area contributed by atoms with Crippen LogP contribution in [0.5, 0.6) is 0 Å². The van der Waals surface area contributed by atoms with Crippen molar-refractivity contribution in [1.29, 1.82) is 0 Å². The second-order valence-corrected chi connectivity index (χ2v) is 11.1. The van der Waals surface area contributed by atoms with E-state index in [0.29, 0.717) is 22.2 Å². The molecule has 46 heavy (non-hydrogen) atoms. The molecular formula is C34H31N5O6S. The second-order valence-electron chi connectivity index (χ2n) is 10.3. The topological polar surface area (TPSA) is 156 Å². The molecule has 1 unspecified atom stereocenters. The minimum atomic E-state index is -2.59. The van der Waals surface area contributed by atoms with Crippen LogP contribution in [0.4, 0.5) is 10.5 Å². The Balaban J connectivity index is 1.24. The lowest BCUT2D eigenvalue weighted by Crippen LogP contribution is -2.41. The van der Waals surface area contributed by atoms with Gasteiger partial charge < -0.3 is 15.8 Å². The minimum absolute atomic E-state index is 0.00849. The number of carbonyl (C=O) groups is 2. The van der Waals surface area contributed by atoms with Crippen LogP contribution in [0.15, 0.2) is 119 Å². The molecule has 0 fully saturated rings. The van der Waals surface area contributed by atoms with E-state index in [0.717, 1.165) is 25.6 Å². The minimum Gasteiger partial charge on any atom is -0.443 e. The fourth-order valence-corrected chi connectivity index (χ4v) is 5.40. The van der Waals surface area contributed by atoms with Gasteiger partial charge in [-0.1, -0.05) is 91.0 Å². The number of nitrogens with zero attached hydrogens (tertiary/aromatic N) is 3. The van der Waals surface area contributed by atoms with E-state index in [4.69, 9.17) is 10.5 Å². The number of amidine groups is 1. The first kappa shape index (κ1) is 31.8. The molecular weight excluding hydrogens is 606 g/mol. The van der Waals surface area contributed by atoms with Gasteiger partial charge in [-0.25, -0.2) is 13.7 Å². The van der Waals surface area contributed by atoms with Gasteiger partial charge in [0, 0.05) is 29.3 Å². The molecule has 1 atom stereocenters. The summed E-state index contributed by atoms with van der Waals surface area (Å²) in [4.78, 5) is 42.4. The average Bonchev–Trinajstić information content (AvgIpc) is 3.06. The number of anilines is 1. The Morgan fingerprint density at radius 3 is 2.37 bits per heavy atom. The highest BCUT2D eigenvalue weighted by Crippen LogP contribution is 2.27. The summed E-state index contributed by atoms with van der Waals surface area (Å²) in [7, 11) is 0. The third-order valence-corrected chi connectivity index (χ3v) is 7.89. The van der Waals surface area contributed by atoms with Crippen molar-refractivity contribution in [2.24, 2.45) is 10.7 Å². The molecule has 0 spiro atoms. The van der Waals surface area contributed by atoms with E-state index < -0.39 is 28.8 Å². The van der Waals surface area contributed by atoms with Gasteiger partial charge >= 0.3 is 6.09 Å². The monoisotopic (exact) mass is 637 g/mol. The van der Waals surface area contributed by atoms with Gasteiger partial charge in [-0.3, -0.25) is 14.1 Å². The van der Waals surface area contributed by atoms with E-state index in [2.05, 4.69) is 10.3 Å². The number of hydrogen-bond acceptors (Lipinski definition) is 5. The van der Waals surface area contributed by atoms with Crippen LogP contribution < -0.4 is 21.0 Å². The first-order chi connectivity index (χ1) is 22.2. The van der Waals surface area contributed by atoms with E-state index in [1.54, 1.807) is 61.5 Å². The molecule has 4 aromatic carbocycles. The number of carbonyl (C=O) groups excluding carboxylic acids is 2. The molecule has 4 N–H and O–H groups in total. The summed E-state index contributed by atoms with van der Waals surface area (Å²) in [5, 5.41) is 4.31. The SMILES string of the molecule is Cc1ccn(N(c2cccc3ccccc23)S(=O)O)c(=O)c1CC(=O)NCc1ccc(C(N)=NC(=O)OCc2ccccc2)cc1. The molecule has 0 radical (unpaired) electrons. The molecule has 5 aromatic rings.